The molecule has 108 valence electrons. The zero-order valence-corrected chi connectivity index (χ0v) is 11.9. The molecule has 19 heavy (non-hydrogen) atoms. The van der Waals surface area contributed by atoms with Gasteiger partial charge in [0.05, 0.1) is 13.5 Å². The summed E-state index contributed by atoms with van der Waals surface area (Å²) in [5.41, 5.74) is 0. The maximum atomic E-state index is 12.2. The summed E-state index contributed by atoms with van der Waals surface area (Å²) in [4.78, 5) is 25.1. The number of amides is 1. The molecule has 1 fully saturated rings. The molecule has 0 spiro atoms. The van der Waals surface area contributed by atoms with Gasteiger partial charge in [0.2, 0.25) is 5.91 Å². The van der Waals surface area contributed by atoms with E-state index >= 15 is 0 Å². The van der Waals surface area contributed by atoms with Gasteiger partial charge in [0.1, 0.15) is 0 Å². The SMILES string of the molecule is C=CCN(CCC(=O)OC)C(=O)CC1CCCCC1. The number of carbonyl (C=O) groups excluding carboxylic acids is 2. The van der Waals surface area contributed by atoms with E-state index in [1.54, 1.807) is 11.0 Å². The highest BCUT2D eigenvalue weighted by Gasteiger charge is 2.21. The molecule has 0 heterocycles. The van der Waals surface area contributed by atoms with Gasteiger partial charge in [-0.1, -0.05) is 25.3 Å². The molecule has 1 saturated carbocycles. The normalized spacial score (nSPS) is 15.8. The van der Waals surface area contributed by atoms with Crippen molar-refractivity contribution in [3.05, 3.63) is 12.7 Å². The van der Waals surface area contributed by atoms with Gasteiger partial charge < -0.3 is 9.64 Å². The van der Waals surface area contributed by atoms with E-state index in [0.717, 1.165) is 12.8 Å². The van der Waals surface area contributed by atoms with E-state index in [9.17, 15) is 9.59 Å². The molecule has 0 radical (unpaired) electrons. The van der Waals surface area contributed by atoms with Crippen molar-refractivity contribution in [3.8, 4) is 0 Å². The molecule has 0 unspecified atom stereocenters. The van der Waals surface area contributed by atoms with Crippen molar-refractivity contribution in [2.75, 3.05) is 20.2 Å². The number of carbonyl (C=O) groups is 2. The van der Waals surface area contributed by atoms with Crippen molar-refractivity contribution in [1.29, 1.82) is 0 Å². The van der Waals surface area contributed by atoms with Crippen molar-refractivity contribution in [1.82, 2.24) is 4.90 Å². The molecule has 1 aliphatic rings. The zero-order valence-electron chi connectivity index (χ0n) is 11.9. The second-order valence-corrected chi connectivity index (χ2v) is 5.16. The molecule has 0 N–H and O–H groups in total. The zero-order chi connectivity index (χ0) is 14.1. The van der Waals surface area contributed by atoms with E-state index in [1.807, 2.05) is 0 Å². The maximum Gasteiger partial charge on any atom is 0.307 e. The quantitative estimate of drug-likeness (QED) is 0.526. The van der Waals surface area contributed by atoms with Gasteiger partial charge in [-0.15, -0.1) is 6.58 Å². The van der Waals surface area contributed by atoms with Crippen LogP contribution in [0.15, 0.2) is 12.7 Å². The summed E-state index contributed by atoms with van der Waals surface area (Å²) in [6.07, 6.45) is 8.65. The molecule has 4 nitrogen and oxygen atoms in total. The first-order valence-electron chi connectivity index (χ1n) is 7.13. The van der Waals surface area contributed by atoms with Crippen LogP contribution >= 0.6 is 0 Å². The van der Waals surface area contributed by atoms with Crippen molar-refractivity contribution in [3.63, 3.8) is 0 Å². The van der Waals surface area contributed by atoms with Crippen LogP contribution in [-0.4, -0.2) is 37.0 Å². The minimum absolute atomic E-state index is 0.135. The van der Waals surface area contributed by atoms with Crippen LogP contribution in [0, 0.1) is 5.92 Å². The highest BCUT2D eigenvalue weighted by atomic mass is 16.5. The van der Waals surface area contributed by atoms with Gasteiger partial charge in [-0.3, -0.25) is 9.59 Å². The highest BCUT2D eigenvalue weighted by molar-refractivity contribution is 5.77. The first kappa shape index (κ1) is 15.7. The first-order chi connectivity index (χ1) is 9.17. The maximum absolute atomic E-state index is 12.2. The third-order valence-corrected chi connectivity index (χ3v) is 3.70. The molecule has 0 saturated heterocycles. The molecule has 4 heteroatoms. The predicted octanol–water partition coefficient (Wildman–Crippen LogP) is 2.53. The van der Waals surface area contributed by atoms with Crippen LogP contribution in [-0.2, 0) is 14.3 Å². The van der Waals surface area contributed by atoms with Gasteiger partial charge in [0.15, 0.2) is 0 Å². The van der Waals surface area contributed by atoms with Crippen LogP contribution in [0.3, 0.4) is 0 Å². The van der Waals surface area contributed by atoms with E-state index in [0.29, 0.717) is 25.4 Å². The van der Waals surface area contributed by atoms with Gasteiger partial charge in [0.25, 0.3) is 0 Å². The molecule has 0 aromatic heterocycles. The van der Waals surface area contributed by atoms with Gasteiger partial charge in [-0.2, -0.15) is 0 Å². The van der Waals surface area contributed by atoms with Gasteiger partial charge in [-0.25, -0.2) is 0 Å². The second kappa shape index (κ2) is 8.73. The van der Waals surface area contributed by atoms with E-state index in [4.69, 9.17) is 0 Å². The predicted molar refractivity (Wildman–Crippen MR) is 74.6 cm³/mol. The van der Waals surface area contributed by atoms with Crippen LogP contribution in [0.1, 0.15) is 44.9 Å². The Balaban J connectivity index is 2.41. The lowest BCUT2D eigenvalue weighted by Crippen LogP contribution is -2.34. The minimum Gasteiger partial charge on any atom is -0.469 e. The monoisotopic (exact) mass is 267 g/mol. The Morgan fingerprint density at radius 1 is 1.32 bits per heavy atom. The fraction of sp³-hybridized carbons (Fsp3) is 0.733. The standard InChI is InChI=1S/C15H25NO3/c1-3-10-16(11-9-15(18)19-2)14(17)12-13-7-5-4-6-8-13/h3,13H,1,4-12H2,2H3. The Labute approximate surface area is 115 Å². The number of esters is 1. The lowest BCUT2D eigenvalue weighted by atomic mass is 9.86. The summed E-state index contributed by atoms with van der Waals surface area (Å²) < 4.78 is 4.61. The molecule has 0 aromatic carbocycles. The molecule has 1 rings (SSSR count). The average molecular weight is 267 g/mol. The molecule has 1 aliphatic carbocycles. The van der Waals surface area contributed by atoms with Crippen LogP contribution in [0.25, 0.3) is 0 Å². The summed E-state index contributed by atoms with van der Waals surface area (Å²) in [5.74, 6) is 0.377. The van der Waals surface area contributed by atoms with Crippen molar-refractivity contribution < 1.29 is 14.3 Å². The molecule has 0 bridgehead atoms. The third kappa shape index (κ3) is 5.90. The first-order valence-corrected chi connectivity index (χ1v) is 7.13. The Bertz CT molecular complexity index is 309. The third-order valence-electron chi connectivity index (χ3n) is 3.70. The van der Waals surface area contributed by atoms with Gasteiger partial charge in [-0.05, 0) is 18.8 Å². The largest absolute Gasteiger partial charge is 0.469 e. The second-order valence-electron chi connectivity index (χ2n) is 5.16. The number of hydrogen-bond donors (Lipinski definition) is 0. The van der Waals surface area contributed by atoms with E-state index < -0.39 is 0 Å². The van der Waals surface area contributed by atoms with Gasteiger partial charge >= 0.3 is 5.97 Å². The van der Waals surface area contributed by atoms with Crippen molar-refractivity contribution in [2.24, 2.45) is 5.92 Å². The Morgan fingerprint density at radius 2 is 2.00 bits per heavy atom. The Hall–Kier alpha value is -1.32. The lowest BCUT2D eigenvalue weighted by Gasteiger charge is -2.26. The lowest BCUT2D eigenvalue weighted by molar-refractivity contribution is -0.141. The molecule has 0 aliphatic heterocycles. The Kier molecular flexibility index (Phi) is 7.23. The summed E-state index contributed by atoms with van der Waals surface area (Å²) in [6.45, 7) is 4.59. The van der Waals surface area contributed by atoms with E-state index in [-0.39, 0.29) is 18.3 Å². The molecule has 0 atom stereocenters. The number of nitrogens with zero attached hydrogens (tertiary/aromatic N) is 1. The molecular formula is C15H25NO3. The molecule has 1 amide bonds. The molecule has 0 aromatic rings. The number of ether oxygens (including phenoxy) is 1. The van der Waals surface area contributed by atoms with Crippen molar-refractivity contribution >= 4 is 11.9 Å². The minimum atomic E-state index is -0.278. The Morgan fingerprint density at radius 3 is 2.58 bits per heavy atom. The summed E-state index contributed by atoms with van der Waals surface area (Å²) in [7, 11) is 1.37. The fourth-order valence-corrected chi connectivity index (χ4v) is 2.57. The fourth-order valence-electron chi connectivity index (χ4n) is 2.57. The summed E-state index contributed by atoms with van der Waals surface area (Å²) in [5, 5.41) is 0. The smallest absolute Gasteiger partial charge is 0.307 e. The van der Waals surface area contributed by atoms with Gasteiger partial charge in [0, 0.05) is 19.5 Å². The van der Waals surface area contributed by atoms with Crippen LogP contribution in [0.5, 0.6) is 0 Å². The number of methoxy groups -OCH3 is 1. The van der Waals surface area contributed by atoms with E-state index in [1.165, 1.54) is 26.4 Å². The number of hydrogen-bond acceptors (Lipinski definition) is 3. The summed E-state index contributed by atoms with van der Waals surface area (Å²) in [6, 6.07) is 0. The van der Waals surface area contributed by atoms with Crippen LogP contribution in [0.2, 0.25) is 0 Å². The molecular weight excluding hydrogens is 242 g/mol. The highest BCUT2D eigenvalue weighted by Crippen LogP contribution is 2.26. The topological polar surface area (TPSA) is 46.6 Å². The summed E-state index contributed by atoms with van der Waals surface area (Å²) >= 11 is 0. The number of rotatable bonds is 7. The van der Waals surface area contributed by atoms with Crippen LogP contribution in [0.4, 0.5) is 0 Å². The van der Waals surface area contributed by atoms with Crippen molar-refractivity contribution in [2.45, 2.75) is 44.9 Å². The van der Waals surface area contributed by atoms with E-state index in [2.05, 4.69) is 11.3 Å². The van der Waals surface area contributed by atoms with Crippen LogP contribution < -0.4 is 0 Å². The average Bonchev–Trinajstić information content (AvgIpc) is 2.44.